The van der Waals surface area contributed by atoms with Gasteiger partial charge < -0.3 is 19.3 Å². The summed E-state index contributed by atoms with van der Waals surface area (Å²) in [5.74, 6) is -3.70. The monoisotopic (exact) mass is 399 g/mol. The molecule has 1 amide bonds. The number of halogens is 1. The molecule has 2 aromatic heterocycles. The van der Waals surface area contributed by atoms with Crippen molar-refractivity contribution in [2.75, 3.05) is 0 Å². The summed E-state index contributed by atoms with van der Waals surface area (Å²) in [5, 5.41) is 12.5. The Bertz CT molecular complexity index is 1110. The number of ketones is 1. The van der Waals surface area contributed by atoms with E-state index in [9.17, 15) is 23.9 Å². The van der Waals surface area contributed by atoms with E-state index in [0.29, 0.717) is 12.2 Å². The largest absolute Gasteiger partial charge is 0.501 e. The zero-order valence-electron chi connectivity index (χ0n) is 15.7. The van der Waals surface area contributed by atoms with Crippen molar-refractivity contribution in [2.45, 2.75) is 26.3 Å². The lowest BCUT2D eigenvalue weighted by Crippen LogP contribution is -2.31. The highest BCUT2D eigenvalue weighted by Gasteiger charge is 2.25. The molecule has 0 unspecified atom stereocenters. The molecule has 1 aromatic carbocycles. The van der Waals surface area contributed by atoms with Gasteiger partial charge in [-0.1, -0.05) is 12.1 Å². The fraction of sp³-hybridized carbons (Fsp3) is 0.190. The molecule has 3 aromatic rings. The number of hydrogen-bond acceptors (Lipinski definition) is 6. The zero-order chi connectivity index (χ0) is 21.1. The molecule has 0 fully saturated rings. The van der Waals surface area contributed by atoms with Crippen LogP contribution in [0.3, 0.4) is 0 Å². The van der Waals surface area contributed by atoms with Gasteiger partial charge in [-0.25, -0.2) is 4.39 Å². The number of aromatic hydroxyl groups is 1. The van der Waals surface area contributed by atoms with Crippen molar-refractivity contribution >= 4 is 11.7 Å². The highest BCUT2D eigenvalue weighted by molar-refractivity contribution is 6.07. The van der Waals surface area contributed by atoms with Crippen LogP contribution < -0.4 is 10.7 Å². The molecule has 2 heterocycles. The Morgan fingerprint density at radius 3 is 2.41 bits per heavy atom. The molecule has 2 N–H and O–H groups in total. The highest BCUT2D eigenvalue weighted by atomic mass is 19.1. The van der Waals surface area contributed by atoms with Crippen molar-refractivity contribution in [2.24, 2.45) is 0 Å². The van der Waals surface area contributed by atoms with Crippen LogP contribution >= 0.6 is 0 Å². The van der Waals surface area contributed by atoms with Gasteiger partial charge in [0.1, 0.15) is 11.6 Å². The van der Waals surface area contributed by atoms with Crippen LogP contribution in [0.25, 0.3) is 0 Å². The third-order valence-corrected chi connectivity index (χ3v) is 3.95. The summed E-state index contributed by atoms with van der Waals surface area (Å²) in [7, 11) is 0. The molecule has 8 heteroatoms. The number of amides is 1. The van der Waals surface area contributed by atoms with E-state index in [2.05, 4.69) is 5.32 Å². The molecule has 0 aliphatic carbocycles. The van der Waals surface area contributed by atoms with Gasteiger partial charge in [-0.15, -0.1) is 0 Å². The number of furan rings is 1. The number of hydrogen-bond donors (Lipinski definition) is 2. The smallest absolute Gasteiger partial charge is 0.287 e. The van der Waals surface area contributed by atoms with Gasteiger partial charge in [0, 0.05) is 18.5 Å². The lowest BCUT2D eigenvalue weighted by Gasteiger charge is -2.08. The van der Waals surface area contributed by atoms with E-state index in [4.69, 9.17) is 8.83 Å². The van der Waals surface area contributed by atoms with Gasteiger partial charge in [0.05, 0.1) is 0 Å². The second-order valence-corrected chi connectivity index (χ2v) is 6.68. The second kappa shape index (κ2) is 8.14. The molecule has 0 radical (unpaired) electrons. The van der Waals surface area contributed by atoms with Crippen molar-refractivity contribution < 1.29 is 27.9 Å². The Labute approximate surface area is 164 Å². The summed E-state index contributed by atoms with van der Waals surface area (Å²) in [6, 6.07) is 9.28. The maximum absolute atomic E-state index is 13.0. The van der Waals surface area contributed by atoms with Gasteiger partial charge in [-0.3, -0.25) is 14.4 Å². The Balaban J connectivity index is 1.87. The van der Waals surface area contributed by atoms with Crippen molar-refractivity contribution in [3.8, 4) is 5.75 Å². The van der Waals surface area contributed by atoms with Crippen molar-refractivity contribution in [3.05, 3.63) is 87.1 Å². The fourth-order valence-corrected chi connectivity index (χ4v) is 2.60. The number of nitrogens with one attached hydrogen (secondary N) is 1. The minimum Gasteiger partial charge on any atom is -0.501 e. The number of carbonyl (C=O) groups is 2. The lowest BCUT2D eigenvalue weighted by molar-refractivity contribution is 0.0899. The normalized spacial score (nSPS) is 10.9. The van der Waals surface area contributed by atoms with Crippen LogP contribution in [0.1, 0.15) is 52.0 Å². The quantitative estimate of drug-likeness (QED) is 0.617. The summed E-state index contributed by atoms with van der Waals surface area (Å²) < 4.78 is 23.7. The Hall–Kier alpha value is -3.68. The summed E-state index contributed by atoms with van der Waals surface area (Å²) in [4.78, 5) is 36.7. The number of rotatable bonds is 6. The van der Waals surface area contributed by atoms with Crippen molar-refractivity contribution in [3.63, 3.8) is 0 Å². The third-order valence-electron chi connectivity index (χ3n) is 3.95. The predicted octanol–water partition coefficient (Wildman–Crippen LogP) is 3.04. The van der Waals surface area contributed by atoms with Crippen LogP contribution in [0.15, 0.2) is 56.1 Å². The fourth-order valence-electron chi connectivity index (χ4n) is 2.60. The summed E-state index contributed by atoms with van der Waals surface area (Å²) >= 11 is 0. The van der Waals surface area contributed by atoms with Gasteiger partial charge in [0.2, 0.25) is 16.9 Å². The Morgan fingerprint density at radius 2 is 1.76 bits per heavy atom. The molecule has 0 saturated heterocycles. The molecule has 0 bridgehead atoms. The van der Waals surface area contributed by atoms with E-state index in [1.807, 2.05) is 0 Å². The number of carbonyl (C=O) groups excluding carboxylic acids is 2. The van der Waals surface area contributed by atoms with Crippen molar-refractivity contribution in [1.29, 1.82) is 0 Å². The van der Waals surface area contributed by atoms with Gasteiger partial charge >= 0.3 is 0 Å². The first kappa shape index (κ1) is 20.1. The Kier molecular flexibility index (Phi) is 5.63. The van der Waals surface area contributed by atoms with Gasteiger partial charge in [-0.2, -0.15) is 0 Å². The average Bonchev–Trinajstić information content (AvgIpc) is 3.13. The SMILES string of the molecule is CC(C)NC(=O)c1cc(=O)c(O)c(C(=O)c2ccc(Cc3ccc(F)cc3)o2)o1. The van der Waals surface area contributed by atoms with E-state index in [0.717, 1.165) is 11.6 Å². The summed E-state index contributed by atoms with van der Waals surface area (Å²) in [6.07, 6.45) is 0.306. The third kappa shape index (κ3) is 4.60. The van der Waals surface area contributed by atoms with Gasteiger partial charge in [-0.05, 0) is 43.7 Å². The first-order chi connectivity index (χ1) is 13.7. The minimum absolute atomic E-state index is 0.179. The summed E-state index contributed by atoms with van der Waals surface area (Å²) in [6.45, 7) is 3.43. The zero-order valence-corrected chi connectivity index (χ0v) is 15.7. The molecular formula is C21H18FNO6. The molecule has 0 aliphatic heterocycles. The molecular weight excluding hydrogens is 381 g/mol. The van der Waals surface area contributed by atoms with Crippen molar-refractivity contribution in [1.82, 2.24) is 5.32 Å². The molecule has 0 aliphatic rings. The Morgan fingerprint density at radius 1 is 1.07 bits per heavy atom. The average molecular weight is 399 g/mol. The minimum atomic E-state index is -0.924. The predicted molar refractivity (Wildman–Crippen MR) is 101 cm³/mol. The molecule has 0 atom stereocenters. The molecule has 29 heavy (non-hydrogen) atoms. The second-order valence-electron chi connectivity index (χ2n) is 6.68. The van der Waals surface area contributed by atoms with Crippen LogP contribution in [0.5, 0.6) is 5.75 Å². The highest BCUT2D eigenvalue weighted by Crippen LogP contribution is 2.21. The summed E-state index contributed by atoms with van der Waals surface area (Å²) in [5.41, 5.74) is -0.159. The van der Waals surface area contributed by atoms with E-state index < -0.39 is 34.4 Å². The van der Waals surface area contributed by atoms with Crippen LogP contribution in [-0.4, -0.2) is 22.8 Å². The van der Waals surface area contributed by atoms with Crippen LogP contribution in [0.4, 0.5) is 4.39 Å². The maximum atomic E-state index is 13.0. The van der Waals surface area contributed by atoms with Crippen LogP contribution in [0, 0.1) is 5.82 Å². The molecule has 7 nitrogen and oxygen atoms in total. The van der Waals surface area contributed by atoms with E-state index in [-0.39, 0.29) is 17.6 Å². The van der Waals surface area contributed by atoms with E-state index in [1.54, 1.807) is 32.0 Å². The van der Waals surface area contributed by atoms with Crippen LogP contribution in [-0.2, 0) is 6.42 Å². The topological polar surface area (TPSA) is 110 Å². The molecule has 0 spiro atoms. The lowest BCUT2D eigenvalue weighted by atomic mass is 10.1. The molecule has 0 saturated carbocycles. The first-order valence-corrected chi connectivity index (χ1v) is 8.80. The van der Waals surface area contributed by atoms with E-state index in [1.165, 1.54) is 18.2 Å². The first-order valence-electron chi connectivity index (χ1n) is 8.80. The van der Waals surface area contributed by atoms with E-state index >= 15 is 0 Å². The van der Waals surface area contributed by atoms with Gasteiger partial charge in [0.15, 0.2) is 11.5 Å². The van der Waals surface area contributed by atoms with Crippen LogP contribution in [0.2, 0.25) is 0 Å². The molecule has 150 valence electrons. The van der Waals surface area contributed by atoms with Gasteiger partial charge in [0.25, 0.3) is 11.7 Å². The standard InChI is InChI=1S/C21H18FNO6/c1-11(2)23-21(27)17-10-15(24)18(25)20(29-17)19(26)16-8-7-14(28-16)9-12-3-5-13(22)6-4-12/h3-8,10-11,25H,9H2,1-2H3,(H,23,27). The number of benzene rings is 1. The molecule has 3 rings (SSSR count). The maximum Gasteiger partial charge on any atom is 0.287 e.